The number of benzene rings is 3. The molecule has 47 heavy (non-hydrogen) atoms. The number of H-pyrrole nitrogens is 1. The Labute approximate surface area is 274 Å². The molecule has 2 saturated carbocycles. The Balaban J connectivity index is 1.08. The second-order valence-corrected chi connectivity index (χ2v) is 14.4. The largest absolute Gasteiger partial charge is 0.484 e. The average molecular weight is 673 g/mol. The number of nitro groups is 1. The number of anilines is 2. The molecule has 3 amide bonds. The van der Waals surface area contributed by atoms with Crippen LogP contribution in [-0.2, 0) is 14.4 Å². The first-order valence-corrected chi connectivity index (χ1v) is 16.7. The minimum atomic E-state index is -0.529. The predicted octanol–water partition coefficient (Wildman–Crippen LogP) is 5.18. The number of amides is 3. The molecule has 6 unspecified atom stereocenters. The fourth-order valence-electron chi connectivity index (χ4n) is 8.04. The summed E-state index contributed by atoms with van der Waals surface area (Å²) in [6.07, 6.45) is 0.707. The Morgan fingerprint density at radius 2 is 1.74 bits per heavy atom. The lowest BCUT2D eigenvalue weighted by atomic mass is 9.68. The Morgan fingerprint density at radius 3 is 2.47 bits per heavy atom. The second-order valence-electron chi connectivity index (χ2n) is 12.2. The maximum atomic E-state index is 14.0. The van der Waals surface area contributed by atoms with Crippen molar-refractivity contribution in [1.82, 2.24) is 4.98 Å². The Kier molecular flexibility index (Phi) is 7.02. The number of rotatable bonds is 7. The number of hydrogen-bond acceptors (Lipinski definition) is 9. The third-order valence-electron chi connectivity index (χ3n) is 9.76. The number of carbonyl (C=O) groups excluding carboxylic acids is 3. The van der Waals surface area contributed by atoms with E-state index in [2.05, 4.69) is 10.3 Å². The third-order valence-corrected chi connectivity index (χ3v) is 12.3. The van der Waals surface area contributed by atoms with Crippen molar-refractivity contribution >= 4 is 57.9 Å². The molecular formula is C33H25FN4O7S2. The standard InChI is InChI=1S/C33H25FN4O7S2/c34-16-4-6-17(7-5-16)35-23(39)14-45-20-3-1-2-15(12-20)24-25-21-13-22(28(25)46-30-29(24)47-33(42)36-30)27-26(21)31(40)37(32(27)41)18-8-10-19(11-9-18)38(43)44/h1-12,21-22,24-28H,13-14H2,(H,35,39)(H,36,42)/t21?,22?,24-,25?,26?,27?,28?/m1/s1. The number of thiazole rings is 1. The van der Waals surface area contributed by atoms with Crippen LogP contribution in [0.2, 0.25) is 0 Å². The highest BCUT2D eigenvalue weighted by Gasteiger charge is 2.69. The van der Waals surface area contributed by atoms with Crippen LogP contribution in [-0.4, -0.2) is 39.5 Å². The molecule has 4 aromatic rings. The fourth-order valence-corrected chi connectivity index (χ4v) is 10.9. The highest BCUT2D eigenvalue weighted by atomic mass is 32.2. The zero-order valence-electron chi connectivity index (χ0n) is 24.3. The molecule has 2 N–H and O–H groups in total. The van der Waals surface area contributed by atoms with Crippen LogP contribution in [0.4, 0.5) is 21.5 Å². The monoisotopic (exact) mass is 672 g/mol. The van der Waals surface area contributed by atoms with Crippen molar-refractivity contribution in [3.05, 3.63) is 109 Å². The molecule has 11 nitrogen and oxygen atoms in total. The lowest BCUT2D eigenvalue weighted by Crippen LogP contribution is -2.42. The molecule has 2 aliphatic carbocycles. The van der Waals surface area contributed by atoms with Crippen molar-refractivity contribution in [2.45, 2.75) is 22.6 Å². The van der Waals surface area contributed by atoms with Crippen molar-refractivity contribution in [2.24, 2.45) is 29.6 Å². The molecule has 14 heteroatoms. The summed E-state index contributed by atoms with van der Waals surface area (Å²) >= 11 is 2.72. The van der Waals surface area contributed by atoms with Gasteiger partial charge in [0.25, 0.3) is 11.6 Å². The van der Waals surface area contributed by atoms with Gasteiger partial charge in [-0.25, -0.2) is 4.39 Å². The van der Waals surface area contributed by atoms with Crippen LogP contribution in [0, 0.1) is 45.5 Å². The summed E-state index contributed by atoms with van der Waals surface area (Å²) < 4.78 is 19.1. The van der Waals surface area contributed by atoms with Crippen molar-refractivity contribution < 1.29 is 28.4 Å². The van der Waals surface area contributed by atoms with E-state index in [1.807, 2.05) is 18.2 Å². The average Bonchev–Trinajstić information content (AvgIpc) is 3.80. The van der Waals surface area contributed by atoms with E-state index in [1.165, 1.54) is 53.4 Å². The van der Waals surface area contributed by atoms with E-state index < -0.39 is 28.5 Å². The number of carbonyl (C=O) groups is 3. The van der Waals surface area contributed by atoms with Crippen molar-refractivity contribution in [2.75, 3.05) is 16.8 Å². The smallest absolute Gasteiger partial charge is 0.305 e. The summed E-state index contributed by atoms with van der Waals surface area (Å²) in [4.78, 5) is 68.4. The normalized spacial score (nSPS) is 26.9. The lowest BCUT2D eigenvalue weighted by molar-refractivity contribution is -0.384. The molecule has 8 rings (SSSR count). The van der Waals surface area contributed by atoms with Gasteiger partial charge in [0.05, 0.1) is 27.5 Å². The lowest BCUT2D eigenvalue weighted by Gasteiger charge is -2.43. The van der Waals surface area contributed by atoms with Gasteiger partial charge in [-0.15, -0.1) is 11.8 Å². The number of hydrogen-bond donors (Lipinski definition) is 2. The maximum Gasteiger partial charge on any atom is 0.305 e. The van der Waals surface area contributed by atoms with Crippen LogP contribution in [0.3, 0.4) is 0 Å². The van der Waals surface area contributed by atoms with Gasteiger partial charge in [0, 0.05) is 33.9 Å². The summed E-state index contributed by atoms with van der Waals surface area (Å²) in [5.74, 6) is -2.48. The molecule has 3 aromatic carbocycles. The fraction of sp³-hybridized carbons (Fsp3) is 0.273. The van der Waals surface area contributed by atoms with Gasteiger partial charge in [0.15, 0.2) is 6.61 Å². The molecule has 1 saturated heterocycles. The van der Waals surface area contributed by atoms with Crippen LogP contribution in [0.15, 0.2) is 82.6 Å². The predicted molar refractivity (Wildman–Crippen MR) is 171 cm³/mol. The third kappa shape index (κ3) is 4.85. The summed E-state index contributed by atoms with van der Waals surface area (Å²) in [5, 5.41) is 14.6. The number of nitro benzene ring substituents is 1. The Morgan fingerprint density at radius 1 is 1.02 bits per heavy atom. The van der Waals surface area contributed by atoms with Crippen LogP contribution in [0.1, 0.15) is 22.8 Å². The number of fused-ring (bicyclic) bond motifs is 9. The molecule has 1 aromatic heterocycles. The molecule has 0 spiro atoms. The number of aromatic amines is 1. The summed E-state index contributed by atoms with van der Waals surface area (Å²) in [6.45, 7) is -0.278. The van der Waals surface area contributed by atoms with E-state index in [0.717, 1.165) is 26.8 Å². The minimum absolute atomic E-state index is 0.0244. The van der Waals surface area contributed by atoms with Gasteiger partial charge in [-0.05, 0) is 78.3 Å². The van der Waals surface area contributed by atoms with Gasteiger partial charge in [-0.3, -0.25) is 34.2 Å². The molecule has 7 atom stereocenters. The highest BCUT2D eigenvalue weighted by molar-refractivity contribution is 8.00. The van der Waals surface area contributed by atoms with Gasteiger partial charge < -0.3 is 15.0 Å². The quantitative estimate of drug-likeness (QED) is 0.155. The van der Waals surface area contributed by atoms with Crippen LogP contribution in [0.25, 0.3) is 0 Å². The molecule has 2 bridgehead atoms. The molecular weight excluding hydrogens is 648 g/mol. The molecule has 4 aliphatic rings. The van der Waals surface area contributed by atoms with Gasteiger partial charge in [-0.1, -0.05) is 23.5 Å². The first-order chi connectivity index (χ1) is 22.7. The summed E-state index contributed by atoms with van der Waals surface area (Å²) in [7, 11) is 0. The van der Waals surface area contributed by atoms with Crippen molar-refractivity contribution in [3.8, 4) is 5.75 Å². The van der Waals surface area contributed by atoms with Crippen LogP contribution < -0.4 is 19.8 Å². The molecule has 238 valence electrons. The first-order valence-electron chi connectivity index (χ1n) is 15.0. The number of nitrogens with one attached hydrogen (secondary N) is 2. The molecule has 3 fully saturated rings. The molecule has 3 heterocycles. The van der Waals surface area contributed by atoms with E-state index in [9.17, 15) is 33.7 Å². The number of aromatic nitrogens is 1. The van der Waals surface area contributed by atoms with Crippen LogP contribution >= 0.6 is 23.1 Å². The van der Waals surface area contributed by atoms with E-state index in [-0.39, 0.29) is 57.9 Å². The number of thioether (sulfide) groups is 1. The first kappa shape index (κ1) is 29.6. The van der Waals surface area contributed by atoms with Gasteiger partial charge in [-0.2, -0.15) is 0 Å². The molecule has 2 aliphatic heterocycles. The van der Waals surface area contributed by atoms with Gasteiger partial charge in [0.2, 0.25) is 11.8 Å². The van der Waals surface area contributed by atoms with Gasteiger partial charge >= 0.3 is 4.87 Å². The Hall–Kier alpha value is -4.82. The van der Waals surface area contributed by atoms with E-state index in [4.69, 9.17) is 4.74 Å². The van der Waals surface area contributed by atoms with Crippen LogP contribution in [0.5, 0.6) is 5.75 Å². The summed E-state index contributed by atoms with van der Waals surface area (Å²) in [5.41, 5.74) is 1.51. The highest BCUT2D eigenvalue weighted by Crippen LogP contribution is 2.68. The number of ether oxygens (including phenoxy) is 1. The van der Waals surface area contributed by atoms with Gasteiger partial charge in [0.1, 0.15) is 11.6 Å². The zero-order valence-corrected chi connectivity index (χ0v) is 26.0. The van der Waals surface area contributed by atoms with E-state index in [1.54, 1.807) is 17.8 Å². The SMILES string of the molecule is O=C(COc1cccc([C@H]2c3sc(=O)[nH]c3SC3C4CC(C5C(=O)N(c6ccc([N+](=O)[O-])cc6)C(=O)C45)C32)c1)Nc1ccc(F)cc1. The minimum Gasteiger partial charge on any atom is -0.484 e. The number of imide groups is 1. The number of non-ortho nitro benzene ring substituents is 1. The van der Waals surface area contributed by atoms with E-state index >= 15 is 0 Å². The summed E-state index contributed by atoms with van der Waals surface area (Å²) in [6, 6.07) is 18.2. The molecule has 0 radical (unpaired) electrons. The van der Waals surface area contributed by atoms with Crippen molar-refractivity contribution in [3.63, 3.8) is 0 Å². The van der Waals surface area contributed by atoms with E-state index in [0.29, 0.717) is 23.5 Å². The zero-order chi connectivity index (χ0) is 32.6. The second kappa shape index (κ2) is 11.2. The topological polar surface area (TPSA) is 152 Å². The Bertz CT molecular complexity index is 2010. The van der Waals surface area contributed by atoms with Crippen molar-refractivity contribution in [1.29, 1.82) is 0 Å². The number of halogens is 1. The maximum absolute atomic E-state index is 14.0. The number of nitrogens with zero attached hydrogens (tertiary/aromatic N) is 2.